The number of hydrogen-bond donors (Lipinski definition) is 3. The van der Waals surface area contributed by atoms with E-state index >= 15 is 0 Å². The third kappa shape index (κ3) is 4.59. The molecule has 0 unspecified atom stereocenters. The van der Waals surface area contributed by atoms with Crippen LogP contribution in [0.25, 0.3) is 0 Å². The van der Waals surface area contributed by atoms with Gasteiger partial charge in [0.1, 0.15) is 5.69 Å². The lowest BCUT2D eigenvalue weighted by molar-refractivity contribution is -0.393. The molecule has 0 atom stereocenters. The first kappa shape index (κ1) is 15.6. The normalized spacial score (nSPS) is 10.1. The first-order valence-corrected chi connectivity index (χ1v) is 5.21. The van der Waals surface area contributed by atoms with E-state index < -0.39 is 33.1 Å². The number of carboxylic acids is 1. The summed E-state index contributed by atoms with van der Waals surface area (Å²) in [4.78, 5) is 41.0. The Morgan fingerprint density at radius 2 is 1.81 bits per heavy atom. The van der Waals surface area contributed by atoms with Crippen molar-refractivity contribution in [3.8, 4) is 0 Å². The maximum Gasteiger partial charge on any atom is 0.328 e. The zero-order valence-corrected chi connectivity index (χ0v) is 10.2. The molecule has 1 aromatic carbocycles. The van der Waals surface area contributed by atoms with Gasteiger partial charge in [-0.1, -0.05) is 0 Å². The standard InChI is InChI=1S/C10H8N4O7/c15-9(3-4-10(16)17)12-11-7-2-1-6(13(18)19)5-8(7)14(20)21/h1-5,11H,(H,12,15)(H,16,17)/b4-3+. The Kier molecular flexibility index (Phi) is 4.89. The van der Waals surface area contributed by atoms with Crippen LogP contribution in [0.5, 0.6) is 0 Å². The molecule has 21 heavy (non-hydrogen) atoms. The molecule has 0 heterocycles. The number of rotatable bonds is 6. The van der Waals surface area contributed by atoms with Crippen molar-refractivity contribution < 1.29 is 24.5 Å². The number of aliphatic carboxylic acids is 1. The van der Waals surface area contributed by atoms with Gasteiger partial charge in [-0.05, 0) is 6.07 Å². The predicted molar refractivity (Wildman–Crippen MR) is 68.3 cm³/mol. The van der Waals surface area contributed by atoms with E-state index in [1.165, 1.54) is 0 Å². The van der Waals surface area contributed by atoms with Crippen LogP contribution < -0.4 is 10.9 Å². The van der Waals surface area contributed by atoms with Gasteiger partial charge in [0.2, 0.25) is 0 Å². The molecule has 0 aliphatic rings. The Balaban J connectivity index is 2.88. The molecule has 0 spiro atoms. The highest BCUT2D eigenvalue weighted by molar-refractivity contribution is 5.94. The summed E-state index contributed by atoms with van der Waals surface area (Å²) in [5, 5.41) is 29.6. The number of carbonyl (C=O) groups excluding carboxylic acids is 1. The van der Waals surface area contributed by atoms with Gasteiger partial charge >= 0.3 is 11.7 Å². The molecule has 0 aromatic heterocycles. The number of non-ortho nitro benzene ring substituents is 1. The zero-order chi connectivity index (χ0) is 16.0. The number of carboxylic acid groups (broad SMARTS) is 1. The van der Waals surface area contributed by atoms with Gasteiger partial charge in [-0.15, -0.1) is 0 Å². The second-order valence-electron chi connectivity index (χ2n) is 3.50. The fraction of sp³-hybridized carbons (Fsp3) is 0. The number of nitrogens with one attached hydrogen (secondary N) is 2. The monoisotopic (exact) mass is 296 g/mol. The number of hydrogen-bond acceptors (Lipinski definition) is 7. The summed E-state index contributed by atoms with van der Waals surface area (Å²) in [5.41, 5.74) is 2.87. The molecular formula is C10H8N4O7. The number of hydrazine groups is 1. The zero-order valence-electron chi connectivity index (χ0n) is 10.2. The Labute approximate surface area is 116 Å². The minimum absolute atomic E-state index is 0.192. The summed E-state index contributed by atoms with van der Waals surface area (Å²) in [7, 11) is 0. The average molecular weight is 296 g/mol. The van der Waals surface area contributed by atoms with Crippen molar-refractivity contribution in [3.63, 3.8) is 0 Å². The second kappa shape index (κ2) is 6.60. The van der Waals surface area contributed by atoms with Crippen molar-refractivity contribution in [2.45, 2.75) is 0 Å². The molecule has 0 bridgehead atoms. The fourth-order valence-corrected chi connectivity index (χ4v) is 1.21. The average Bonchev–Trinajstić information content (AvgIpc) is 2.42. The highest BCUT2D eigenvalue weighted by Gasteiger charge is 2.19. The number of carbonyl (C=O) groups is 2. The molecule has 1 aromatic rings. The summed E-state index contributed by atoms with van der Waals surface area (Å²) in [6, 6.07) is 2.77. The van der Waals surface area contributed by atoms with Gasteiger partial charge in [-0.2, -0.15) is 0 Å². The number of anilines is 1. The highest BCUT2D eigenvalue weighted by atomic mass is 16.6. The summed E-state index contributed by atoms with van der Waals surface area (Å²) in [5.74, 6) is -2.21. The predicted octanol–water partition coefficient (Wildman–Crippen LogP) is 0.587. The number of nitro groups is 2. The fourth-order valence-electron chi connectivity index (χ4n) is 1.21. The third-order valence-electron chi connectivity index (χ3n) is 2.09. The van der Waals surface area contributed by atoms with Gasteiger partial charge in [0.05, 0.1) is 15.9 Å². The van der Waals surface area contributed by atoms with E-state index in [-0.39, 0.29) is 5.69 Å². The molecule has 0 aliphatic heterocycles. The van der Waals surface area contributed by atoms with Crippen molar-refractivity contribution in [2.24, 2.45) is 0 Å². The molecule has 110 valence electrons. The van der Waals surface area contributed by atoms with E-state index in [4.69, 9.17) is 5.11 Å². The van der Waals surface area contributed by atoms with Crippen LogP contribution in [0, 0.1) is 20.2 Å². The minimum Gasteiger partial charge on any atom is -0.478 e. The van der Waals surface area contributed by atoms with Gasteiger partial charge in [-0.3, -0.25) is 35.9 Å². The number of amides is 1. The van der Waals surface area contributed by atoms with Crippen molar-refractivity contribution in [2.75, 3.05) is 5.43 Å². The largest absolute Gasteiger partial charge is 0.478 e. The maximum absolute atomic E-state index is 11.2. The van der Waals surface area contributed by atoms with Gasteiger partial charge in [0.15, 0.2) is 0 Å². The van der Waals surface area contributed by atoms with Crippen LogP contribution in [0.4, 0.5) is 17.1 Å². The summed E-state index contributed by atoms with van der Waals surface area (Å²) in [6.07, 6.45) is 1.26. The topological polar surface area (TPSA) is 165 Å². The van der Waals surface area contributed by atoms with Crippen LogP contribution in [0.1, 0.15) is 0 Å². The summed E-state index contributed by atoms with van der Waals surface area (Å²) in [6.45, 7) is 0. The van der Waals surface area contributed by atoms with Gasteiger partial charge in [-0.25, -0.2) is 4.79 Å². The van der Waals surface area contributed by atoms with E-state index in [2.05, 4.69) is 5.43 Å². The lowest BCUT2D eigenvalue weighted by Crippen LogP contribution is -2.28. The van der Waals surface area contributed by atoms with E-state index in [9.17, 15) is 29.8 Å². The highest BCUT2D eigenvalue weighted by Crippen LogP contribution is 2.28. The summed E-state index contributed by atoms with van der Waals surface area (Å²) < 4.78 is 0. The van der Waals surface area contributed by atoms with Crippen LogP contribution in [0.3, 0.4) is 0 Å². The van der Waals surface area contributed by atoms with E-state index in [1.807, 2.05) is 5.43 Å². The molecule has 1 rings (SSSR count). The van der Waals surface area contributed by atoms with Crippen molar-refractivity contribution in [1.29, 1.82) is 0 Å². The molecule has 0 fully saturated rings. The SMILES string of the molecule is O=C(O)/C=C/C(=O)NNc1ccc([N+](=O)[O-])cc1[N+](=O)[O-]. The molecule has 0 radical (unpaired) electrons. The Bertz CT molecular complexity index is 640. The lowest BCUT2D eigenvalue weighted by atomic mass is 10.2. The van der Waals surface area contributed by atoms with Crippen molar-refractivity contribution in [3.05, 3.63) is 50.6 Å². The Morgan fingerprint density at radius 1 is 1.14 bits per heavy atom. The van der Waals surface area contributed by atoms with Gasteiger partial charge < -0.3 is 5.11 Å². The molecule has 11 nitrogen and oxygen atoms in total. The van der Waals surface area contributed by atoms with Gasteiger partial charge in [0, 0.05) is 18.2 Å². The first-order chi connectivity index (χ1) is 9.81. The quantitative estimate of drug-likeness (QED) is 0.389. The number of benzene rings is 1. The Morgan fingerprint density at radius 3 is 2.33 bits per heavy atom. The van der Waals surface area contributed by atoms with Crippen molar-refractivity contribution >= 4 is 28.9 Å². The lowest BCUT2D eigenvalue weighted by Gasteiger charge is -2.06. The number of nitrogens with zero attached hydrogens (tertiary/aromatic N) is 2. The third-order valence-corrected chi connectivity index (χ3v) is 2.09. The first-order valence-electron chi connectivity index (χ1n) is 5.21. The molecule has 0 aliphatic carbocycles. The summed E-state index contributed by atoms with van der Waals surface area (Å²) >= 11 is 0. The second-order valence-corrected chi connectivity index (χ2v) is 3.50. The molecular weight excluding hydrogens is 288 g/mol. The van der Waals surface area contributed by atoms with E-state index in [1.54, 1.807) is 0 Å². The smallest absolute Gasteiger partial charge is 0.328 e. The van der Waals surface area contributed by atoms with Crippen molar-refractivity contribution in [1.82, 2.24) is 5.43 Å². The maximum atomic E-state index is 11.2. The molecule has 3 N–H and O–H groups in total. The van der Waals surface area contributed by atoms with E-state index in [0.717, 1.165) is 18.2 Å². The van der Waals surface area contributed by atoms with Crippen LogP contribution in [-0.4, -0.2) is 26.8 Å². The van der Waals surface area contributed by atoms with Crippen LogP contribution >= 0.6 is 0 Å². The van der Waals surface area contributed by atoms with Crippen LogP contribution in [0.15, 0.2) is 30.4 Å². The Hall–Kier alpha value is -3.50. The molecule has 0 saturated carbocycles. The van der Waals surface area contributed by atoms with Crippen LogP contribution in [0.2, 0.25) is 0 Å². The molecule has 1 amide bonds. The minimum atomic E-state index is -1.34. The molecule has 0 saturated heterocycles. The van der Waals surface area contributed by atoms with Gasteiger partial charge in [0.25, 0.3) is 11.6 Å². The molecule has 11 heteroatoms. The van der Waals surface area contributed by atoms with E-state index in [0.29, 0.717) is 12.2 Å². The number of nitro benzene ring substituents is 2. The van der Waals surface area contributed by atoms with Crippen LogP contribution in [-0.2, 0) is 9.59 Å².